The average Bonchev–Trinajstić information content (AvgIpc) is 2.41. The van der Waals surface area contributed by atoms with Crippen molar-refractivity contribution in [2.45, 2.75) is 11.8 Å². The number of rotatable bonds is 3. The Morgan fingerprint density at radius 1 is 1.20 bits per heavy atom. The highest BCUT2D eigenvalue weighted by molar-refractivity contribution is 7.92. The second kappa shape index (κ2) is 5.53. The van der Waals surface area contributed by atoms with Crippen LogP contribution in [0.2, 0.25) is 5.02 Å². The highest BCUT2D eigenvalue weighted by Crippen LogP contribution is 2.23. The summed E-state index contributed by atoms with van der Waals surface area (Å²) in [5, 5.41) is 9.16. The van der Waals surface area contributed by atoms with Crippen LogP contribution in [0.5, 0.6) is 0 Å². The first-order valence-corrected chi connectivity index (χ1v) is 7.57. The maximum Gasteiger partial charge on any atom is 0.262 e. The van der Waals surface area contributed by atoms with Crippen LogP contribution in [-0.2, 0) is 10.0 Å². The molecule has 0 aliphatic heterocycles. The maximum atomic E-state index is 12.3. The van der Waals surface area contributed by atoms with E-state index < -0.39 is 10.0 Å². The van der Waals surface area contributed by atoms with Crippen molar-refractivity contribution < 1.29 is 8.42 Å². The molecule has 0 heterocycles. The van der Waals surface area contributed by atoms with Crippen LogP contribution in [0.15, 0.2) is 47.4 Å². The SMILES string of the molecule is Cc1ccc(Cl)cc1S(=O)(=O)Nc1cccc(C#N)c1. The van der Waals surface area contributed by atoms with E-state index in [0.29, 0.717) is 21.8 Å². The number of nitriles is 1. The Bertz CT molecular complexity index is 795. The monoisotopic (exact) mass is 306 g/mol. The van der Waals surface area contributed by atoms with Gasteiger partial charge in [0.15, 0.2) is 0 Å². The molecule has 0 bridgehead atoms. The largest absolute Gasteiger partial charge is 0.280 e. The molecule has 2 aromatic carbocycles. The quantitative estimate of drug-likeness (QED) is 0.945. The van der Waals surface area contributed by atoms with Crippen LogP contribution in [0, 0.1) is 18.3 Å². The molecule has 2 rings (SSSR count). The molecular formula is C14H11ClN2O2S. The lowest BCUT2D eigenvalue weighted by Crippen LogP contribution is -2.14. The van der Waals surface area contributed by atoms with Gasteiger partial charge in [0, 0.05) is 5.02 Å². The summed E-state index contributed by atoms with van der Waals surface area (Å²) >= 11 is 5.84. The fourth-order valence-electron chi connectivity index (χ4n) is 1.73. The minimum absolute atomic E-state index is 0.118. The number of halogens is 1. The minimum atomic E-state index is -3.74. The summed E-state index contributed by atoms with van der Waals surface area (Å²) < 4.78 is 27.1. The average molecular weight is 307 g/mol. The summed E-state index contributed by atoms with van der Waals surface area (Å²) in [6.07, 6.45) is 0. The van der Waals surface area contributed by atoms with Gasteiger partial charge < -0.3 is 0 Å². The Kier molecular flexibility index (Phi) is 3.98. The van der Waals surface area contributed by atoms with Crippen molar-refractivity contribution in [3.63, 3.8) is 0 Å². The van der Waals surface area contributed by atoms with Crippen LogP contribution in [0.4, 0.5) is 5.69 Å². The standard InChI is InChI=1S/C14H11ClN2O2S/c1-10-5-6-12(15)8-14(10)20(18,19)17-13-4-2-3-11(7-13)9-16/h2-8,17H,1H3. The van der Waals surface area contributed by atoms with Crippen LogP contribution < -0.4 is 4.72 Å². The molecule has 0 unspecified atom stereocenters. The summed E-state index contributed by atoms with van der Waals surface area (Å²) in [5.74, 6) is 0. The number of nitrogens with zero attached hydrogens (tertiary/aromatic N) is 1. The second-order valence-corrected chi connectivity index (χ2v) is 6.30. The van der Waals surface area contributed by atoms with E-state index in [1.165, 1.54) is 12.1 Å². The number of sulfonamides is 1. The lowest BCUT2D eigenvalue weighted by atomic mass is 10.2. The van der Waals surface area contributed by atoms with Crippen molar-refractivity contribution in [3.05, 3.63) is 58.6 Å². The van der Waals surface area contributed by atoms with Gasteiger partial charge >= 0.3 is 0 Å². The number of nitrogens with one attached hydrogen (secondary N) is 1. The zero-order chi connectivity index (χ0) is 14.8. The fraction of sp³-hybridized carbons (Fsp3) is 0.0714. The number of hydrogen-bond acceptors (Lipinski definition) is 3. The predicted octanol–water partition coefficient (Wildman–Crippen LogP) is 3.32. The highest BCUT2D eigenvalue weighted by atomic mass is 35.5. The van der Waals surface area contributed by atoms with Gasteiger partial charge in [-0.3, -0.25) is 4.72 Å². The van der Waals surface area contributed by atoms with Crippen molar-refractivity contribution in [2.75, 3.05) is 4.72 Å². The van der Waals surface area contributed by atoms with Gasteiger partial charge in [0.1, 0.15) is 0 Å². The van der Waals surface area contributed by atoms with Crippen molar-refractivity contribution in [1.82, 2.24) is 0 Å². The van der Waals surface area contributed by atoms with Crippen LogP contribution in [0.1, 0.15) is 11.1 Å². The van der Waals surface area contributed by atoms with Crippen molar-refractivity contribution in [2.24, 2.45) is 0 Å². The number of benzene rings is 2. The molecule has 0 radical (unpaired) electrons. The van der Waals surface area contributed by atoms with Gasteiger partial charge in [-0.1, -0.05) is 23.7 Å². The molecule has 0 atom stereocenters. The van der Waals surface area contributed by atoms with Gasteiger partial charge in [0.25, 0.3) is 10.0 Å². The van der Waals surface area contributed by atoms with Crippen molar-refractivity contribution in [3.8, 4) is 6.07 Å². The molecule has 0 aromatic heterocycles. The zero-order valence-corrected chi connectivity index (χ0v) is 12.2. The Balaban J connectivity index is 2.41. The molecule has 2 aromatic rings. The van der Waals surface area contributed by atoms with Gasteiger partial charge in [-0.15, -0.1) is 0 Å². The van der Waals surface area contributed by atoms with Gasteiger partial charge in [0.2, 0.25) is 0 Å². The lowest BCUT2D eigenvalue weighted by molar-refractivity contribution is 0.600. The maximum absolute atomic E-state index is 12.3. The van der Waals surface area contributed by atoms with Crippen LogP contribution >= 0.6 is 11.6 Å². The van der Waals surface area contributed by atoms with E-state index in [1.54, 1.807) is 37.3 Å². The number of anilines is 1. The van der Waals surface area contributed by atoms with Crippen LogP contribution in [0.25, 0.3) is 0 Å². The molecule has 0 amide bonds. The first-order valence-electron chi connectivity index (χ1n) is 5.71. The van der Waals surface area contributed by atoms with Gasteiger partial charge in [-0.25, -0.2) is 8.42 Å². The van der Waals surface area contributed by atoms with Crippen molar-refractivity contribution >= 4 is 27.3 Å². The predicted molar refractivity (Wildman–Crippen MR) is 78.2 cm³/mol. The Morgan fingerprint density at radius 3 is 2.65 bits per heavy atom. The van der Waals surface area contributed by atoms with E-state index in [9.17, 15) is 8.42 Å². The van der Waals surface area contributed by atoms with Gasteiger partial charge in [0.05, 0.1) is 22.2 Å². The molecule has 0 saturated carbocycles. The molecule has 1 N–H and O–H groups in total. The van der Waals surface area contributed by atoms with Crippen LogP contribution in [0.3, 0.4) is 0 Å². The van der Waals surface area contributed by atoms with E-state index in [-0.39, 0.29) is 4.90 Å². The van der Waals surface area contributed by atoms with E-state index in [4.69, 9.17) is 16.9 Å². The lowest BCUT2D eigenvalue weighted by Gasteiger charge is -2.10. The Hall–Kier alpha value is -2.03. The molecule has 20 heavy (non-hydrogen) atoms. The fourth-order valence-corrected chi connectivity index (χ4v) is 3.28. The third kappa shape index (κ3) is 3.10. The molecule has 0 saturated heterocycles. The van der Waals surface area contributed by atoms with E-state index in [2.05, 4.69) is 4.72 Å². The Labute approximate surface area is 122 Å². The third-order valence-electron chi connectivity index (χ3n) is 2.68. The molecule has 0 fully saturated rings. The summed E-state index contributed by atoms with van der Waals surface area (Å²) in [5.41, 5.74) is 1.31. The molecule has 0 aliphatic carbocycles. The smallest absolute Gasteiger partial charge is 0.262 e. The van der Waals surface area contributed by atoms with E-state index in [1.807, 2.05) is 6.07 Å². The molecule has 0 spiro atoms. The molecule has 0 aliphatic rings. The first kappa shape index (κ1) is 14.4. The molecule has 6 heteroatoms. The Morgan fingerprint density at radius 2 is 1.95 bits per heavy atom. The minimum Gasteiger partial charge on any atom is -0.280 e. The summed E-state index contributed by atoms with van der Waals surface area (Å²) in [6.45, 7) is 1.69. The first-order chi connectivity index (χ1) is 9.42. The van der Waals surface area contributed by atoms with E-state index in [0.717, 1.165) is 0 Å². The zero-order valence-electron chi connectivity index (χ0n) is 10.6. The summed E-state index contributed by atoms with van der Waals surface area (Å²) in [4.78, 5) is 0.118. The normalized spacial score (nSPS) is 10.8. The summed E-state index contributed by atoms with van der Waals surface area (Å²) in [6, 6.07) is 12.9. The van der Waals surface area contributed by atoms with Crippen LogP contribution in [-0.4, -0.2) is 8.42 Å². The third-order valence-corrected chi connectivity index (χ3v) is 4.44. The highest BCUT2D eigenvalue weighted by Gasteiger charge is 2.17. The van der Waals surface area contributed by atoms with Crippen molar-refractivity contribution in [1.29, 1.82) is 5.26 Å². The second-order valence-electron chi connectivity index (χ2n) is 4.21. The number of aryl methyl sites for hydroxylation is 1. The molecule has 102 valence electrons. The van der Waals surface area contributed by atoms with E-state index >= 15 is 0 Å². The topological polar surface area (TPSA) is 70.0 Å². The molecule has 4 nitrogen and oxygen atoms in total. The summed E-state index contributed by atoms with van der Waals surface area (Å²) in [7, 11) is -3.74. The number of hydrogen-bond donors (Lipinski definition) is 1. The van der Waals surface area contributed by atoms with Gasteiger partial charge in [-0.05, 0) is 42.8 Å². The van der Waals surface area contributed by atoms with Gasteiger partial charge in [-0.2, -0.15) is 5.26 Å². The molecular weight excluding hydrogens is 296 g/mol.